The number of ether oxygens (including phenoxy) is 1. The molecule has 4 rings (SSSR count). The van der Waals surface area contributed by atoms with Gasteiger partial charge >= 0.3 is 0 Å². The molecule has 23 heavy (non-hydrogen) atoms. The van der Waals surface area contributed by atoms with E-state index in [2.05, 4.69) is 39.0 Å². The molecule has 3 aliphatic rings. The van der Waals surface area contributed by atoms with Crippen LogP contribution in [0.1, 0.15) is 50.7 Å². The van der Waals surface area contributed by atoms with Crippen LogP contribution in [0.25, 0.3) is 0 Å². The van der Waals surface area contributed by atoms with Crippen molar-refractivity contribution in [1.29, 1.82) is 0 Å². The summed E-state index contributed by atoms with van der Waals surface area (Å²) in [6.07, 6.45) is 3.33. The highest BCUT2D eigenvalue weighted by atomic mass is 16.5. The van der Waals surface area contributed by atoms with Crippen LogP contribution in [-0.2, 0) is 6.42 Å². The molecule has 0 amide bonds. The molecule has 2 heteroatoms. The molecule has 1 aromatic rings. The summed E-state index contributed by atoms with van der Waals surface area (Å²) in [5.74, 6) is 5.57. The minimum Gasteiger partial charge on any atom is -0.497 e. The molecule has 1 aromatic carbocycles. The van der Waals surface area contributed by atoms with Crippen LogP contribution >= 0.6 is 0 Å². The summed E-state index contributed by atoms with van der Waals surface area (Å²) >= 11 is 0. The third-order valence-corrected chi connectivity index (χ3v) is 7.55. The molecular formula is C21H30O2. The van der Waals surface area contributed by atoms with Crippen molar-refractivity contribution in [3.05, 3.63) is 29.3 Å². The summed E-state index contributed by atoms with van der Waals surface area (Å²) in [7, 11) is 1.76. The maximum atomic E-state index is 10.5. The van der Waals surface area contributed by atoms with Crippen molar-refractivity contribution in [1.82, 2.24) is 0 Å². The number of hydrogen-bond donors (Lipinski definition) is 1. The number of rotatable bonds is 1. The van der Waals surface area contributed by atoms with E-state index in [0.717, 1.165) is 24.5 Å². The van der Waals surface area contributed by atoms with E-state index in [0.29, 0.717) is 35.5 Å². The van der Waals surface area contributed by atoms with Gasteiger partial charge in [-0.05, 0) is 83.9 Å². The van der Waals surface area contributed by atoms with E-state index < -0.39 is 0 Å². The van der Waals surface area contributed by atoms with Crippen LogP contribution < -0.4 is 4.74 Å². The van der Waals surface area contributed by atoms with Gasteiger partial charge in [-0.2, -0.15) is 0 Å². The first-order valence-electron chi connectivity index (χ1n) is 9.37. The van der Waals surface area contributed by atoms with Crippen LogP contribution in [0.15, 0.2) is 18.2 Å². The van der Waals surface area contributed by atoms with Gasteiger partial charge in [0.2, 0.25) is 0 Å². The first-order chi connectivity index (χ1) is 11.0. The standard InChI is InChI=1S/C21H30O2/c1-11-9-14-10-15(23-4)5-6-16(14)21-13(3)12(2)20-17(19(11)21)7-8-18(20)22/h5-6,10-13,17-22H,7-9H2,1-4H3/t11-,12?,13+,17?,18?,19?,20?,21?/m1/s1. The van der Waals surface area contributed by atoms with Gasteiger partial charge in [-0.3, -0.25) is 0 Å². The van der Waals surface area contributed by atoms with Gasteiger partial charge < -0.3 is 9.84 Å². The lowest BCUT2D eigenvalue weighted by molar-refractivity contribution is -0.0294. The Balaban J connectivity index is 1.79. The van der Waals surface area contributed by atoms with Gasteiger partial charge in [-0.25, -0.2) is 0 Å². The molecule has 1 N–H and O–H groups in total. The summed E-state index contributed by atoms with van der Waals surface area (Å²) in [5.41, 5.74) is 3.06. The Kier molecular flexibility index (Phi) is 3.72. The first kappa shape index (κ1) is 15.5. The molecule has 0 spiro atoms. The highest BCUT2D eigenvalue weighted by Crippen LogP contribution is 2.60. The van der Waals surface area contributed by atoms with E-state index in [1.807, 2.05) is 0 Å². The van der Waals surface area contributed by atoms with E-state index in [9.17, 15) is 5.11 Å². The largest absolute Gasteiger partial charge is 0.497 e. The fourth-order valence-corrected chi connectivity index (χ4v) is 6.48. The topological polar surface area (TPSA) is 29.5 Å². The average molecular weight is 314 g/mol. The van der Waals surface area contributed by atoms with Gasteiger partial charge in [-0.15, -0.1) is 0 Å². The summed E-state index contributed by atoms with van der Waals surface area (Å²) in [6.45, 7) is 7.25. The van der Waals surface area contributed by atoms with E-state index in [4.69, 9.17) is 4.74 Å². The molecule has 0 heterocycles. The molecule has 126 valence electrons. The van der Waals surface area contributed by atoms with Crippen molar-refractivity contribution in [3.8, 4) is 5.75 Å². The van der Waals surface area contributed by atoms with Crippen molar-refractivity contribution in [2.45, 2.75) is 52.1 Å². The van der Waals surface area contributed by atoms with Gasteiger partial charge in [0.15, 0.2) is 0 Å². The van der Waals surface area contributed by atoms with Crippen molar-refractivity contribution >= 4 is 0 Å². The Hall–Kier alpha value is -1.02. The molecule has 6 unspecified atom stereocenters. The number of benzene rings is 1. The van der Waals surface area contributed by atoms with Gasteiger partial charge in [0.25, 0.3) is 0 Å². The molecule has 2 nitrogen and oxygen atoms in total. The number of fused-ring (bicyclic) bond motifs is 5. The van der Waals surface area contributed by atoms with Crippen LogP contribution in [0.5, 0.6) is 5.75 Å². The van der Waals surface area contributed by atoms with Gasteiger partial charge in [0, 0.05) is 0 Å². The van der Waals surface area contributed by atoms with E-state index in [1.54, 1.807) is 12.7 Å². The summed E-state index contributed by atoms with van der Waals surface area (Å²) in [4.78, 5) is 0. The summed E-state index contributed by atoms with van der Waals surface area (Å²) in [6, 6.07) is 6.72. The molecule has 8 atom stereocenters. The lowest BCUT2D eigenvalue weighted by atomic mass is 9.51. The second-order valence-corrected chi connectivity index (χ2v) is 8.45. The normalized spacial score (nSPS) is 45.1. The quantitative estimate of drug-likeness (QED) is 0.839. The van der Waals surface area contributed by atoms with Crippen LogP contribution in [0, 0.1) is 35.5 Å². The maximum absolute atomic E-state index is 10.5. The lowest BCUT2D eigenvalue weighted by Crippen LogP contribution is -2.48. The summed E-state index contributed by atoms with van der Waals surface area (Å²) < 4.78 is 5.45. The van der Waals surface area contributed by atoms with Crippen LogP contribution in [-0.4, -0.2) is 18.3 Å². The van der Waals surface area contributed by atoms with Gasteiger partial charge in [-0.1, -0.05) is 26.8 Å². The third-order valence-electron chi connectivity index (χ3n) is 7.55. The Morgan fingerprint density at radius 1 is 1.04 bits per heavy atom. The molecule has 2 saturated carbocycles. The van der Waals surface area contributed by atoms with E-state index >= 15 is 0 Å². The highest BCUT2D eigenvalue weighted by Gasteiger charge is 2.55. The molecular weight excluding hydrogens is 284 g/mol. The zero-order valence-corrected chi connectivity index (χ0v) is 14.8. The van der Waals surface area contributed by atoms with Gasteiger partial charge in [0.1, 0.15) is 5.75 Å². The Morgan fingerprint density at radius 3 is 2.57 bits per heavy atom. The monoisotopic (exact) mass is 314 g/mol. The second kappa shape index (κ2) is 5.51. The van der Waals surface area contributed by atoms with Crippen molar-refractivity contribution in [2.75, 3.05) is 7.11 Å². The Morgan fingerprint density at radius 2 is 1.83 bits per heavy atom. The molecule has 0 bridgehead atoms. The third kappa shape index (κ3) is 2.17. The van der Waals surface area contributed by atoms with E-state index in [1.165, 1.54) is 12.0 Å². The van der Waals surface area contributed by atoms with Crippen LogP contribution in [0.4, 0.5) is 0 Å². The minimum atomic E-state index is -0.0668. The van der Waals surface area contributed by atoms with E-state index in [-0.39, 0.29) is 6.10 Å². The molecule has 0 radical (unpaired) electrons. The molecule has 0 saturated heterocycles. The van der Waals surface area contributed by atoms with Gasteiger partial charge in [0.05, 0.1) is 13.2 Å². The second-order valence-electron chi connectivity index (χ2n) is 8.45. The predicted octanol–water partition coefficient (Wildman–Crippen LogP) is 4.26. The number of methoxy groups -OCH3 is 1. The smallest absolute Gasteiger partial charge is 0.119 e. The fraction of sp³-hybridized carbons (Fsp3) is 0.714. The Labute approximate surface area is 140 Å². The fourth-order valence-electron chi connectivity index (χ4n) is 6.48. The SMILES string of the molecule is COc1ccc2c(c1)C[C@@H](C)C1C3CCC(O)C3C(C)[C@H](C)C21. The predicted molar refractivity (Wildman–Crippen MR) is 92.6 cm³/mol. The molecule has 3 aliphatic carbocycles. The zero-order chi connectivity index (χ0) is 16.3. The van der Waals surface area contributed by atoms with Crippen LogP contribution in [0.3, 0.4) is 0 Å². The maximum Gasteiger partial charge on any atom is 0.119 e. The van der Waals surface area contributed by atoms with Crippen LogP contribution in [0.2, 0.25) is 0 Å². The van der Waals surface area contributed by atoms with Crippen molar-refractivity contribution < 1.29 is 9.84 Å². The highest BCUT2D eigenvalue weighted by molar-refractivity contribution is 5.41. The minimum absolute atomic E-state index is 0.0668. The molecule has 2 fully saturated rings. The lowest BCUT2D eigenvalue weighted by Gasteiger charge is -2.53. The van der Waals surface area contributed by atoms with Crippen molar-refractivity contribution in [3.63, 3.8) is 0 Å². The number of hydrogen-bond acceptors (Lipinski definition) is 2. The Bertz CT molecular complexity index is 596. The number of aliphatic hydroxyl groups is 1. The van der Waals surface area contributed by atoms with Crippen molar-refractivity contribution in [2.24, 2.45) is 35.5 Å². The zero-order valence-electron chi connectivity index (χ0n) is 14.8. The summed E-state index contributed by atoms with van der Waals surface area (Å²) in [5, 5.41) is 10.5. The molecule has 0 aliphatic heterocycles. The first-order valence-corrected chi connectivity index (χ1v) is 9.37. The average Bonchev–Trinajstić information content (AvgIpc) is 2.92. The number of aliphatic hydroxyl groups excluding tert-OH is 1. The molecule has 0 aromatic heterocycles.